The van der Waals surface area contributed by atoms with Crippen LogP contribution in [0.25, 0.3) is 0 Å². The molecule has 1 N–H and O–H groups in total. The number of nitrogens with zero attached hydrogens (tertiary/aromatic N) is 1. The SMILES string of the molecule is CCN(c1ccccc1)S(=O)(=O)c1ccc(C(=O)NC(c2ccc3c(c2)OCCCO3)C(C)C)cc1. The van der Waals surface area contributed by atoms with E-state index in [9.17, 15) is 13.2 Å². The Morgan fingerprint density at radius 3 is 2.25 bits per heavy atom. The minimum absolute atomic E-state index is 0.113. The number of para-hydroxylation sites is 1. The highest BCUT2D eigenvalue weighted by Crippen LogP contribution is 2.34. The van der Waals surface area contributed by atoms with Gasteiger partial charge >= 0.3 is 0 Å². The zero-order valence-electron chi connectivity index (χ0n) is 20.8. The van der Waals surface area contributed by atoms with Crippen molar-refractivity contribution in [3.8, 4) is 11.5 Å². The van der Waals surface area contributed by atoms with Crippen LogP contribution in [0.5, 0.6) is 11.5 Å². The van der Waals surface area contributed by atoms with Crippen LogP contribution in [0, 0.1) is 5.92 Å². The highest BCUT2D eigenvalue weighted by atomic mass is 32.2. The number of amides is 1. The molecule has 1 unspecified atom stereocenters. The molecule has 1 amide bonds. The van der Waals surface area contributed by atoms with Gasteiger partial charge in [-0.25, -0.2) is 8.42 Å². The van der Waals surface area contributed by atoms with E-state index in [1.165, 1.54) is 16.4 Å². The number of carbonyl (C=O) groups is 1. The molecule has 0 fully saturated rings. The highest BCUT2D eigenvalue weighted by molar-refractivity contribution is 7.92. The van der Waals surface area contributed by atoms with Gasteiger partial charge in [0.15, 0.2) is 11.5 Å². The third-order valence-corrected chi connectivity index (χ3v) is 8.04. The van der Waals surface area contributed by atoms with Crippen LogP contribution < -0.4 is 19.1 Å². The average molecular weight is 509 g/mol. The van der Waals surface area contributed by atoms with E-state index in [0.717, 1.165) is 12.0 Å². The molecule has 0 radical (unpaired) electrons. The third-order valence-electron chi connectivity index (χ3n) is 6.12. The molecule has 1 aliphatic heterocycles. The molecule has 0 aromatic heterocycles. The predicted molar refractivity (Wildman–Crippen MR) is 140 cm³/mol. The summed E-state index contributed by atoms with van der Waals surface area (Å²) in [5, 5.41) is 3.09. The summed E-state index contributed by atoms with van der Waals surface area (Å²) in [6.07, 6.45) is 0.821. The van der Waals surface area contributed by atoms with Gasteiger partial charge < -0.3 is 14.8 Å². The normalized spacial score (nSPS) is 14.1. The first kappa shape index (κ1) is 25.6. The van der Waals surface area contributed by atoms with Crippen LogP contribution in [-0.2, 0) is 10.0 Å². The van der Waals surface area contributed by atoms with Gasteiger partial charge in [0.2, 0.25) is 0 Å². The Morgan fingerprint density at radius 1 is 0.944 bits per heavy atom. The van der Waals surface area contributed by atoms with E-state index in [0.29, 0.717) is 42.5 Å². The van der Waals surface area contributed by atoms with Crippen LogP contribution in [0.1, 0.15) is 49.2 Å². The Kier molecular flexibility index (Phi) is 7.84. The number of carbonyl (C=O) groups excluding carboxylic acids is 1. The van der Waals surface area contributed by atoms with Crippen LogP contribution in [0.3, 0.4) is 0 Å². The number of benzene rings is 3. The molecule has 7 nitrogen and oxygen atoms in total. The van der Waals surface area contributed by atoms with Crippen LogP contribution in [0.2, 0.25) is 0 Å². The van der Waals surface area contributed by atoms with Gasteiger partial charge in [-0.2, -0.15) is 0 Å². The number of anilines is 1. The summed E-state index contributed by atoms with van der Waals surface area (Å²) in [5.41, 5.74) is 1.90. The summed E-state index contributed by atoms with van der Waals surface area (Å²) in [5.74, 6) is 1.22. The molecular formula is C28H32N2O5S. The molecule has 0 bridgehead atoms. The summed E-state index contributed by atoms with van der Waals surface area (Å²) in [4.78, 5) is 13.3. The molecule has 1 atom stereocenters. The first-order valence-electron chi connectivity index (χ1n) is 12.2. The van der Waals surface area contributed by atoms with Gasteiger partial charge in [-0.05, 0) is 66.9 Å². The molecule has 3 aromatic carbocycles. The van der Waals surface area contributed by atoms with Crippen LogP contribution >= 0.6 is 0 Å². The van der Waals surface area contributed by atoms with Crippen LogP contribution in [0.4, 0.5) is 5.69 Å². The lowest BCUT2D eigenvalue weighted by molar-refractivity contribution is 0.0925. The minimum Gasteiger partial charge on any atom is -0.490 e. The number of nitrogens with one attached hydrogen (secondary N) is 1. The Bertz CT molecular complexity index is 1290. The van der Waals surface area contributed by atoms with Crippen molar-refractivity contribution in [1.82, 2.24) is 5.32 Å². The Morgan fingerprint density at radius 2 is 1.61 bits per heavy atom. The maximum absolute atomic E-state index is 13.2. The molecule has 0 aliphatic carbocycles. The Balaban J connectivity index is 1.53. The standard InChI is InChI=1S/C28H32N2O5S/c1-4-30(23-9-6-5-7-10-23)36(32,33)24-14-11-21(12-15-24)28(31)29-27(20(2)3)22-13-16-25-26(19-22)35-18-8-17-34-25/h5-7,9-16,19-20,27H,4,8,17-18H2,1-3H3,(H,29,31). The van der Waals surface area contributed by atoms with Crippen molar-refractivity contribution < 1.29 is 22.7 Å². The predicted octanol–water partition coefficient (Wildman–Crippen LogP) is 5.19. The van der Waals surface area contributed by atoms with E-state index in [1.807, 2.05) is 38.1 Å². The van der Waals surface area contributed by atoms with E-state index < -0.39 is 10.0 Å². The van der Waals surface area contributed by atoms with E-state index in [1.54, 1.807) is 43.3 Å². The lowest BCUT2D eigenvalue weighted by Gasteiger charge is -2.24. The largest absolute Gasteiger partial charge is 0.490 e. The summed E-state index contributed by atoms with van der Waals surface area (Å²) >= 11 is 0. The number of rotatable bonds is 8. The molecule has 0 spiro atoms. The summed E-state index contributed by atoms with van der Waals surface area (Å²) in [7, 11) is -3.76. The molecule has 36 heavy (non-hydrogen) atoms. The first-order chi connectivity index (χ1) is 17.3. The fraction of sp³-hybridized carbons (Fsp3) is 0.321. The quantitative estimate of drug-likeness (QED) is 0.453. The number of sulfonamides is 1. The van der Waals surface area contributed by atoms with Crippen molar-refractivity contribution in [3.63, 3.8) is 0 Å². The van der Waals surface area contributed by atoms with Crippen molar-refractivity contribution in [3.05, 3.63) is 83.9 Å². The molecule has 3 aromatic rings. The van der Waals surface area contributed by atoms with E-state index in [2.05, 4.69) is 5.32 Å². The Labute approximate surface area is 213 Å². The van der Waals surface area contributed by atoms with Crippen molar-refractivity contribution in [1.29, 1.82) is 0 Å². The second-order valence-electron chi connectivity index (χ2n) is 8.98. The van der Waals surface area contributed by atoms with Gasteiger partial charge in [0, 0.05) is 18.5 Å². The monoisotopic (exact) mass is 508 g/mol. The molecule has 8 heteroatoms. The summed E-state index contributed by atoms with van der Waals surface area (Å²) in [6.45, 7) is 7.35. The summed E-state index contributed by atoms with van der Waals surface area (Å²) in [6, 6.07) is 20.5. The number of ether oxygens (including phenoxy) is 2. The zero-order valence-corrected chi connectivity index (χ0v) is 21.6. The molecule has 0 saturated carbocycles. The molecule has 4 rings (SSSR count). The third kappa shape index (κ3) is 5.49. The van der Waals surface area contributed by atoms with Gasteiger partial charge in [-0.15, -0.1) is 0 Å². The second-order valence-corrected chi connectivity index (χ2v) is 10.8. The maximum atomic E-state index is 13.2. The second kappa shape index (κ2) is 11.0. The van der Waals surface area contributed by atoms with Gasteiger partial charge in [0.1, 0.15) is 0 Å². The molecule has 1 heterocycles. The van der Waals surface area contributed by atoms with E-state index >= 15 is 0 Å². The molecule has 0 saturated heterocycles. The van der Waals surface area contributed by atoms with E-state index in [-0.39, 0.29) is 22.8 Å². The molecule has 1 aliphatic rings. The lowest BCUT2D eigenvalue weighted by atomic mass is 9.95. The molecular weight excluding hydrogens is 476 g/mol. The number of hydrogen-bond donors (Lipinski definition) is 1. The van der Waals surface area contributed by atoms with Crippen molar-refractivity contribution >= 4 is 21.6 Å². The highest BCUT2D eigenvalue weighted by Gasteiger charge is 2.25. The fourth-order valence-corrected chi connectivity index (χ4v) is 5.70. The topological polar surface area (TPSA) is 84.9 Å². The summed E-state index contributed by atoms with van der Waals surface area (Å²) < 4.78 is 39.4. The first-order valence-corrected chi connectivity index (χ1v) is 13.6. The average Bonchev–Trinajstić information content (AvgIpc) is 3.13. The van der Waals surface area contributed by atoms with Crippen LogP contribution in [-0.4, -0.2) is 34.1 Å². The maximum Gasteiger partial charge on any atom is 0.264 e. The van der Waals surface area contributed by atoms with Crippen LogP contribution in [0.15, 0.2) is 77.7 Å². The zero-order chi connectivity index (χ0) is 25.7. The smallest absolute Gasteiger partial charge is 0.264 e. The number of fused-ring (bicyclic) bond motifs is 1. The van der Waals surface area contributed by atoms with Gasteiger partial charge in [0.05, 0.1) is 29.8 Å². The number of hydrogen-bond acceptors (Lipinski definition) is 5. The fourth-order valence-electron chi connectivity index (χ4n) is 4.22. The van der Waals surface area contributed by atoms with Crippen molar-refractivity contribution in [2.45, 2.75) is 38.1 Å². The van der Waals surface area contributed by atoms with Gasteiger partial charge in [-0.3, -0.25) is 9.10 Å². The van der Waals surface area contributed by atoms with Crippen molar-refractivity contribution in [2.24, 2.45) is 5.92 Å². The van der Waals surface area contributed by atoms with Gasteiger partial charge in [-0.1, -0.05) is 38.1 Å². The Hall–Kier alpha value is -3.52. The van der Waals surface area contributed by atoms with Crippen molar-refractivity contribution in [2.75, 3.05) is 24.1 Å². The lowest BCUT2D eigenvalue weighted by Crippen LogP contribution is -2.32. The molecule has 190 valence electrons. The van der Waals surface area contributed by atoms with E-state index in [4.69, 9.17) is 9.47 Å². The van der Waals surface area contributed by atoms with Gasteiger partial charge in [0.25, 0.3) is 15.9 Å². The minimum atomic E-state index is -3.76.